The first-order valence-corrected chi connectivity index (χ1v) is 26.2. The molecule has 0 aliphatic rings. The van der Waals surface area contributed by atoms with Crippen LogP contribution in [0, 0.1) is 0 Å². The molecular formula is C66H45N3Si. The molecule has 3 aromatic heterocycles. The summed E-state index contributed by atoms with van der Waals surface area (Å²) in [5.74, 6) is 0. The van der Waals surface area contributed by atoms with Gasteiger partial charge in [-0.1, -0.05) is 218 Å². The summed E-state index contributed by atoms with van der Waals surface area (Å²) in [5, 5.41) is 12.9. The van der Waals surface area contributed by atoms with Gasteiger partial charge in [0.15, 0.2) is 8.07 Å². The summed E-state index contributed by atoms with van der Waals surface area (Å²) in [7, 11) is -2.91. The molecule has 14 aromatic rings. The van der Waals surface area contributed by atoms with Gasteiger partial charge in [-0.05, 0) is 86.5 Å². The van der Waals surface area contributed by atoms with Crippen LogP contribution in [0.25, 0.3) is 93.6 Å². The molecule has 3 heterocycles. The van der Waals surface area contributed by atoms with Crippen LogP contribution in [0.2, 0.25) is 0 Å². The molecule has 0 unspecified atom stereocenters. The second-order valence-electron chi connectivity index (χ2n) is 18.4. The van der Waals surface area contributed by atoms with Crippen molar-refractivity contribution in [1.82, 2.24) is 13.7 Å². The van der Waals surface area contributed by atoms with Gasteiger partial charge in [0.25, 0.3) is 0 Å². The van der Waals surface area contributed by atoms with E-state index in [1.165, 1.54) is 91.8 Å². The van der Waals surface area contributed by atoms with Crippen molar-refractivity contribution < 1.29 is 0 Å². The maximum atomic E-state index is 2.52. The van der Waals surface area contributed by atoms with Gasteiger partial charge >= 0.3 is 0 Å². The van der Waals surface area contributed by atoms with Crippen molar-refractivity contribution in [1.29, 1.82) is 0 Å². The predicted octanol–water partition coefficient (Wildman–Crippen LogP) is 14.0. The summed E-state index contributed by atoms with van der Waals surface area (Å²) in [5.41, 5.74) is 12.8. The highest BCUT2D eigenvalue weighted by Crippen LogP contribution is 2.41. The van der Waals surface area contributed by atoms with Crippen LogP contribution in [0.15, 0.2) is 273 Å². The van der Waals surface area contributed by atoms with Crippen LogP contribution in [-0.2, 0) is 0 Å². The minimum Gasteiger partial charge on any atom is -0.309 e. The fourth-order valence-electron chi connectivity index (χ4n) is 11.9. The Morgan fingerprint density at radius 1 is 0.257 bits per heavy atom. The monoisotopic (exact) mass is 907 g/mol. The average Bonchev–Trinajstić information content (AvgIpc) is 4.08. The molecule has 0 saturated carbocycles. The van der Waals surface area contributed by atoms with Crippen LogP contribution >= 0.6 is 0 Å². The van der Waals surface area contributed by atoms with Crippen LogP contribution in [0.1, 0.15) is 0 Å². The number of hydrogen-bond acceptors (Lipinski definition) is 0. The second-order valence-corrected chi connectivity index (χ2v) is 22.2. The first-order valence-electron chi connectivity index (χ1n) is 24.2. The quantitative estimate of drug-likeness (QED) is 0.107. The normalized spacial score (nSPS) is 12.0. The fraction of sp³-hybridized carbons (Fsp3) is 0. The maximum Gasteiger partial charge on any atom is 0.180 e. The Morgan fingerprint density at radius 2 is 0.700 bits per heavy atom. The van der Waals surface area contributed by atoms with Gasteiger partial charge in [-0.2, -0.15) is 0 Å². The zero-order valence-corrected chi connectivity index (χ0v) is 39.3. The first kappa shape index (κ1) is 40.1. The van der Waals surface area contributed by atoms with Gasteiger partial charge < -0.3 is 13.7 Å². The molecule has 0 aliphatic heterocycles. The molecule has 0 atom stereocenters. The molecular weight excluding hydrogens is 863 g/mol. The number of aromatic nitrogens is 3. The summed E-state index contributed by atoms with van der Waals surface area (Å²) in [6, 6.07) is 101. The highest BCUT2D eigenvalue weighted by Gasteiger charge is 2.43. The third-order valence-electron chi connectivity index (χ3n) is 14.8. The van der Waals surface area contributed by atoms with Crippen molar-refractivity contribution in [2.45, 2.75) is 0 Å². The van der Waals surface area contributed by atoms with E-state index < -0.39 is 8.07 Å². The average molecular weight is 908 g/mol. The number of nitrogens with zero attached hydrogens (tertiary/aromatic N) is 3. The zero-order valence-electron chi connectivity index (χ0n) is 38.3. The molecule has 0 bridgehead atoms. The van der Waals surface area contributed by atoms with E-state index in [1.807, 2.05) is 0 Å². The molecule has 3 nitrogen and oxygen atoms in total. The lowest BCUT2D eigenvalue weighted by Crippen LogP contribution is -2.74. The Morgan fingerprint density at radius 3 is 1.30 bits per heavy atom. The SMILES string of the molecule is c1ccc(-c2ccc(-n3c4cc(-n5c6ccccc6c6c([Si](c7ccccc7)(c7ccccc7)c7ccccc7)cccc65)ccc4c4cccc(-n5c6ccccc6c6ccccc65)c43)cc2)cc1. The summed E-state index contributed by atoms with van der Waals surface area (Å²) < 4.78 is 7.50. The van der Waals surface area contributed by atoms with E-state index >= 15 is 0 Å². The van der Waals surface area contributed by atoms with E-state index in [4.69, 9.17) is 0 Å². The van der Waals surface area contributed by atoms with Gasteiger partial charge in [0.05, 0.1) is 38.8 Å². The van der Waals surface area contributed by atoms with Gasteiger partial charge in [-0.15, -0.1) is 0 Å². The highest BCUT2D eigenvalue weighted by molar-refractivity contribution is 7.20. The molecule has 0 spiro atoms. The van der Waals surface area contributed by atoms with Crippen molar-refractivity contribution in [2.75, 3.05) is 0 Å². The van der Waals surface area contributed by atoms with E-state index in [9.17, 15) is 0 Å². The largest absolute Gasteiger partial charge is 0.309 e. The highest BCUT2D eigenvalue weighted by atomic mass is 28.3. The summed E-state index contributed by atoms with van der Waals surface area (Å²) in [6.07, 6.45) is 0. The van der Waals surface area contributed by atoms with Crippen LogP contribution in [0.5, 0.6) is 0 Å². The van der Waals surface area contributed by atoms with Crippen molar-refractivity contribution in [3.63, 3.8) is 0 Å². The van der Waals surface area contributed by atoms with Crippen LogP contribution in [-0.4, -0.2) is 21.8 Å². The molecule has 0 N–H and O–H groups in total. The lowest BCUT2D eigenvalue weighted by Gasteiger charge is -2.35. The van der Waals surface area contributed by atoms with Crippen LogP contribution < -0.4 is 20.7 Å². The third-order valence-corrected chi connectivity index (χ3v) is 19.6. The van der Waals surface area contributed by atoms with Gasteiger partial charge in [-0.3, -0.25) is 0 Å². The minimum absolute atomic E-state index is 1.11. The number of hydrogen-bond donors (Lipinski definition) is 0. The van der Waals surface area contributed by atoms with E-state index in [0.717, 1.165) is 22.6 Å². The number of rotatable bonds is 8. The predicted molar refractivity (Wildman–Crippen MR) is 299 cm³/mol. The number of benzene rings is 11. The molecule has 11 aromatic carbocycles. The van der Waals surface area contributed by atoms with Crippen LogP contribution in [0.4, 0.5) is 0 Å². The van der Waals surface area contributed by atoms with Crippen molar-refractivity contribution in [3.8, 4) is 28.2 Å². The Bertz CT molecular complexity index is 4110. The van der Waals surface area contributed by atoms with Gasteiger partial charge in [0.1, 0.15) is 0 Å². The molecule has 0 fully saturated rings. The van der Waals surface area contributed by atoms with Gasteiger partial charge in [0.2, 0.25) is 0 Å². The van der Waals surface area contributed by atoms with Gasteiger partial charge in [-0.25, -0.2) is 0 Å². The molecule has 14 rings (SSSR count). The van der Waals surface area contributed by atoms with E-state index in [2.05, 4.69) is 287 Å². The molecule has 4 heteroatoms. The fourth-order valence-corrected chi connectivity index (χ4v) is 16.9. The third kappa shape index (κ3) is 5.94. The first-order chi connectivity index (χ1) is 34.8. The van der Waals surface area contributed by atoms with E-state index in [1.54, 1.807) is 0 Å². The zero-order chi connectivity index (χ0) is 46.2. The topological polar surface area (TPSA) is 14.8 Å². The Kier molecular flexibility index (Phi) is 9.23. The maximum absolute atomic E-state index is 2.91. The standard InChI is InChI=1S/C66H45N3Si/c1-5-21-46(22-6-1)47-39-41-48(42-40-47)68-63-45-49(43-44-55(63)56-32-19-37-62(66(56)68)69-58-33-16-13-29-53(58)54-30-14-17-34-59(54)69)67-60-35-18-15-31-57(60)65-61(67)36-20-38-64(65)70(50-23-7-2-8-24-50,51-25-9-3-10-26-51)52-27-11-4-12-28-52/h1-45H. The molecule has 0 saturated heterocycles. The van der Waals surface area contributed by atoms with Crippen molar-refractivity contribution in [3.05, 3.63) is 273 Å². The molecule has 0 aliphatic carbocycles. The Balaban J connectivity index is 1.07. The molecule has 328 valence electrons. The Hall–Kier alpha value is -8.96. The van der Waals surface area contributed by atoms with Crippen molar-refractivity contribution >= 4 is 94.2 Å². The van der Waals surface area contributed by atoms with Crippen molar-refractivity contribution in [2.24, 2.45) is 0 Å². The second kappa shape index (κ2) is 16.1. The van der Waals surface area contributed by atoms with Crippen LogP contribution in [0.3, 0.4) is 0 Å². The van der Waals surface area contributed by atoms with E-state index in [0.29, 0.717) is 0 Å². The molecule has 70 heavy (non-hydrogen) atoms. The number of fused-ring (bicyclic) bond motifs is 9. The summed E-state index contributed by atoms with van der Waals surface area (Å²) >= 11 is 0. The number of para-hydroxylation sites is 4. The summed E-state index contributed by atoms with van der Waals surface area (Å²) in [6.45, 7) is 0. The smallest absolute Gasteiger partial charge is 0.180 e. The molecule has 0 radical (unpaired) electrons. The Labute approximate surface area is 407 Å². The molecule has 0 amide bonds. The van der Waals surface area contributed by atoms with E-state index in [-0.39, 0.29) is 0 Å². The summed E-state index contributed by atoms with van der Waals surface area (Å²) in [4.78, 5) is 0. The minimum atomic E-state index is -2.91. The van der Waals surface area contributed by atoms with Gasteiger partial charge in [0, 0.05) is 43.7 Å². The lowest BCUT2D eigenvalue weighted by atomic mass is 10.1. The lowest BCUT2D eigenvalue weighted by molar-refractivity contribution is 1.12.